The third-order valence-corrected chi connectivity index (χ3v) is 5.94. The van der Waals surface area contributed by atoms with Crippen molar-refractivity contribution < 1.29 is 14.3 Å². The van der Waals surface area contributed by atoms with E-state index in [9.17, 15) is 9.59 Å². The molecule has 1 saturated carbocycles. The van der Waals surface area contributed by atoms with Gasteiger partial charge in [-0.15, -0.1) is 5.10 Å². The molecule has 1 amide bonds. The summed E-state index contributed by atoms with van der Waals surface area (Å²) in [4.78, 5) is 27.0. The van der Waals surface area contributed by atoms with Crippen LogP contribution in [-0.2, 0) is 16.1 Å². The molecule has 2 atom stereocenters. The van der Waals surface area contributed by atoms with Crippen molar-refractivity contribution >= 4 is 22.9 Å². The summed E-state index contributed by atoms with van der Waals surface area (Å²) < 4.78 is 7.09. The Morgan fingerprint density at radius 2 is 2.00 bits per heavy atom. The molecule has 1 aromatic carbocycles. The molecule has 0 spiro atoms. The minimum atomic E-state index is -0.492. The van der Waals surface area contributed by atoms with Gasteiger partial charge in [0.1, 0.15) is 5.52 Å². The van der Waals surface area contributed by atoms with Crippen LogP contribution in [0, 0.1) is 5.92 Å². The van der Waals surface area contributed by atoms with Crippen LogP contribution in [0.1, 0.15) is 55.8 Å². The van der Waals surface area contributed by atoms with Crippen molar-refractivity contribution in [2.75, 3.05) is 13.2 Å². The molecule has 0 bridgehead atoms. The lowest BCUT2D eigenvalue weighted by molar-refractivity contribution is -0.140. The number of hydrogen-bond donors (Lipinski definition) is 0. The Hall–Kier alpha value is -2.44. The van der Waals surface area contributed by atoms with Gasteiger partial charge in [0.25, 0.3) is 5.91 Å². The number of rotatable bonds is 4. The molecule has 27 heavy (non-hydrogen) atoms. The van der Waals surface area contributed by atoms with Crippen LogP contribution >= 0.6 is 0 Å². The van der Waals surface area contributed by atoms with E-state index in [0.29, 0.717) is 29.6 Å². The third-order valence-electron chi connectivity index (χ3n) is 5.94. The zero-order chi connectivity index (χ0) is 18.8. The highest BCUT2D eigenvalue weighted by Crippen LogP contribution is 2.35. The van der Waals surface area contributed by atoms with Gasteiger partial charge in [0, 0.05) is 19.1 Å². The van der Waals surface area contributed by atoms with E-state index < -0.39 is 5.97 Å². The van der Waals surface area contributed by atoms with Crippen LogP contribution in [0.15, 0.2) is 18.2 Å². The Morgan fingerprint density at radius 3 is 2.85 bits per heavy atom. The van der Waals surface area contributed by atoms with Gasteiger partial charge in [-0.25, -0.2) is 9.48 Å². The first kappa shape index (κ1) is 17.9. The average Bonchev–Trinajstić information content (AvgIpc) is 3.13. The summed E-state index contributed by atoms with van der Waals surface area (Å²) in [5.41, 5.74) is 1.92. The number of aryl methyl sites for hydroxylation is 1. The number of ether oxygens (including phenoxy) is 1. The first-order chi connectivity index (χ1) is 13.2. The minimum Gasteiger partial charge on any atom is -0.452 e. The summed E-state index contributed by atoms with van der Waals surface area (Å²) >= 11 is 0. The van der Waals surface area contributed by atoms with Crippen molar-refractivity contribution in [2.45, 2.75) is 58.0 Å². The zero-order valence-corrected chi connectivity index (χ0v) is 15.8. The van der Waals surface area contributed by atoms with Gasteiger partial charge in [-0.1, -0.05) is 18.1 Å². The monoisotopic (exact) mass is 370 g/mol. The van der Waals surface area contributed by atoms with Crippen LogP contribution in [0.25, 0.3) is 11.0 Å². The summed E-state index contributed by atoms with van der Waals surface area (Å²) in [5.74, 6) is 0.0576. The summed E-state index contributed by atoms with van der Waals surface area (Å²) in [5, 5.41) is 8.12. The number of amides is 1. The molecule has 2 aromatic rings. The lowest BCUT2D eigenvalue weighted by atomic mass is 9.78. The van der Waals surface area contributed by atoms with E-state index in [1.165, 1.54) is 25.7 Å². The molecule has 2 aliphatic rings. The lowest BCUT2D eigenvalue weighted by Crippen LogP contribution is -2.50. The van der Waals surface area contributed by atoms with E-state index >= 15 is 0 Å². The van der Waals surface area contributed by atoms with Crippen molar-refractivity contribution in [2.24, 2.45) is 5.92 Å². The molecule has 0 unspecified atom stereocenters. The molecule has 7 heteroatoms. The van der Waals surface area contributed by atoms with Gasteiger partial charge in [-0.3, -0.25) is 4.79 Å². The van der Waals surface area contributed by atoms with E-state index in [1.807, 2.05) is 17.9 Å². The second-order valence-corrected chi connectivity index (χ2v) is 7.53. The molecular weight excluding hydrogens is 344 g/mol. The Bertz CT molecular complexity index is 845. The number of fused-ring (bicyclic) bond motifs is 2. The van der Waals surface area contributed by atoms with Gasteiger partial charge in [0.2, 0.25) is 0 Å². The zero-order valence-electron chi connectivity index (χ0n) is 15.8. The maximum absolute atomic E-state index is 12.7. The molecule has 144 valence electrons. The molecule has 4 rings (SSSR count). The topological polar surface area (TPSA) is 77.3 Å². The number of hydrogen-bond acceptors (Lipinski definition) is 5. The SMILES string of the molecule is CCn1nnc2cc(C(=O)OCC(=O)N3CCC[C@@H]4CCCC[C@@H]43)ccc21. The first-order valence-corrected chi connectivity index (χ1v) is 9.97. The summed E-state index contributed by atoms with van der Waals surface area (Å²) in [6.07, 6.45) is 7.00. The number of piperidine rings is 1. The van der Waals surface area contributed by atoms with Gasteiger partial charge in [0.15, 0.2) is 6.61 Å². The lowest BCUT2D eigenvalue weighted by Gasteiger charge is -2.44. The predicted molar refractivity (Wildman–Crippen MR) is 100 cm³/mol. The molecule has 1 saturated heterocycles. The highest BCUT2D eigenvalue weighted by Gasteiger charge is 2.35. The van der Waals surface area contributed by atoms with Crippen LogP contribution in [0.4, 0.5) is 0 Å². The van der Waals surface area contributed by atoms with Crippen molar-refractivity contribution in [3.8, 4) is 0 Å². The summed E-state index contributed by atoms with van der Waals surface area (Å²) in [6, 6.07) is 5.51. The van der Waals surface area contributed by atoms with Crippen molar-refractivity contribution in [1.29, 1.82) is 0 Å². The molecule has 1 aromatic heterocycles. The van der Waals surface area contributed by atoms with E-state index in [4.69, 9.17) is 4.74 Å². The van der Waals surface area contributed by atoms with Gasteiger partial charge in [0.05, 0.1) is 11.1 Å². The molecule has 7 nitrogen and oxygen atoms in total. The number of carbonyl (C=O) groups is 2. The van der Waals surface area contributed by atoms with Crippen LogP contribution < -0.4 is 0 Å². The second-order valence-electron chi connectivity index (χ2n) is 7.53. The molecule has 0 radical (unpaired) electrons. The van der Waals surface area contributed by atoms with Crippen LogP contribution in [0.3, 0.4) is 0 Å². The maximum Gasteiger partial charge on any atom is 0.338 e. The molecule has 0 N–H and O–H groups in total. The van der Waals surface area contributed by atoms with Crippen LogP contribution in [0.2, 0.25) is 0 Å². The van der Waals surface area contributed by atoms with Crippen molar-refractivity contribution in [1.82, 2.24) is 19.9 Å². The Labute approximate surface area is 158 Å². The van der Waals surface area contributed by atoms with Crippen LogP contribution in [0.5, 0.6) is 0 Å². The standard InChI is InChI=1S/C20H26N4O3/c1-2-24-18-10-9-15(12-16(18)21-22-24)20(26)27-13-19(25)23-11-5-7-14-6-3-4-8-17(14)23/h9-10,12,14,17H,2-8,11,13H2,1H3/t14-,17-/m0/s1. The largest absolute Gasteiger partial charge is 0.452 e. The molecule has 2 fully saturated rings. The number of nitrogens with zero attached hydrogens (tertiary/aromatic N) is 4. The molecule has 2 heterocycles. The number of benzene rings is 1. The smallest absolute Gasteiger partial charge is 0.338 e. The Balaban J connectivity index is 1.39. The fourth-order valence-corrected chi connectivity index (χ4v) is 4.56. The fraction of sp³-hybridized carbons (Fsp3) is 0.600. The highest BCUT2D eigenvalue weighted by molar-refractivity contribution is 5.94. The molecule has 1 aliphatic heterocycles. The number of esters is 1. The van der Waals surface area contributed by atoms with E-state index in [2.05, 4.69) is 10.3 Å². The maximum atomic E-state index is 12.7. The summed E-state index contributed by atoms with van der Waals surface area (Å²) in [7, 11) is 0. The normalized spacial score (nSPS) is 22.5. The van der Waals surface area contributed by atoms with E-state index in [-0.39, 0.29) is 12.5 Å². The third kappa shape index (κ3) is 3.55. The second kappa shape index (κ2) is 7.66. The number of aromatic nitrogens is 3. The predicted octanol–water partition coefficient (Wildman–Crippen LogP) is 2.79. The first-order valence-electron chi connectivity index (χ1n) is 9.97. The van der Waals surface area contributed by atoms with Crippen molar-refractivity contribution in [3.05, 3.63) is 23.8 Å². The molecular formula is C20H26N4O3. The van der Waals surface area contributed by atoms with Gasteiger partial charge in [-0.05, 0) is 56.7 Å². The van der Waals surface area contributed by atoms with E-state index in [1.54, 1.807) is 16.8 Å². The van der Waals surface area contributed by atoms with E-state index in [0.717, 1.165) is 24.9 Å². The molecule has 1 aliphatic carbocycles. The van der Waals surface area contributed by atoms with Gasteiger partial charge >= 0.3 is 5.97 Å². The highest BCUT2D eigenvalue weighted by atomic mass is 16.5. The Morgan fingerprint density at radius 1 is 1.19 bits per heavy atom. The fourth-order valence-electron chi connectivity index (χ4n) is 4.56. The van der Waals surface area contributed by atoms with Crippen LogP contribution in [-0.4, -0.2) is 51.0 Å². The Kier molecular flexibility index (Phi) is 5.09. The quantitative estimate of drug-likeness (QED) is 0.774. The van der Waals surface area contributed by atoms with Gasteiger partial charge in [-0.2, -0.15) is 0 Å². The number of likely N-dealkylation sites (tertiary alicyclic amines) is 1. The number of carbonyl (C=O) groups excluding carboxylic acids is 2. The summed E-state index contributed by atoms with van der Waals surface area (Å²) in [6.45, 7) is 3.29. The minimum absolute atomic E-state index is 0.0713. The van der Waals surface area contributed by atoms with Gasteiger partial charge < -0.3 is 9.64 Å². The average molecular weight is 370 g/mol. The van der Waals surface area contributed by atoms with Crippen molar-refractivity contribution in [3.63, 3.8) is 0 Å².